The van der Waals surface area contributed by atoms with Crippen LogP contribution >= 0.6 is 15.9 Å². The van der Waals surface area contributed by atoms with Crippen molar-refractivity contribution in [2.75, 3.05) is 0 Å². The van der Waals surface area contributed by atoms with Gasteiger partial charge in [0.05, 0.1) is 11.1 Å². The molecular formula is C19H15BrO4. The number of hydrogen-bond acceptors (Lipinski definition) is 2. The average molecular weight is 387 g/mol. The molecule has 122 valence electrons. The normalized spacial score (nSPS) is 9.92. The second-order valence-corrected chi connectivity index (χ2v) is 5.90. The van der Waals surface area contributed by atoms with Crippen molar-refractivity contribution < 1.29 is 19.8 Å². The Balaban J connectivity index is 0.000000175. The fraction of sp³-hybridized carbons (Fsp3) is 0.0526. The molecule has 0 bridgehead atoms. The molecule has 0 heterocycles. The highest BCUT2D eigenvalue weighted by Gasteiger charge is 2.13. The minimum atomic E-state index is -1.11. The maximum Gasteiger partial charge on any atom is 0.335 e. The van der Waals surface area contributed by atoms with E-state index in [1.54, 1.807) is 0 Å². The first-order valence-electron chi connectivity index (χ1n) is 7.11. The standard InChI is InChI=1S/C10H7Br.C9H8O4/c11-10-7-3-5-8-4-1-2-6-9(8)10;1-5-6(8(10)11)3-2-4-7(5)9(12)13/h1-7H;2-4H,1H3,(H,10,11)(H,12,13). The Morgan fingerprint density at radius 2 is 1.29 bits per heavy atom. The van der Waals surface area contributed by atoms with Gasteiger partial charge in [0, 0.05) is 4.47 Å². The summed E-state index contributed by atoms with van der Waals surface area (Å²) in [7, 11) is 0. The summed E-state index contributed by atoms with van der Waals surface area (Å²) in [6.45, 7) is 1.48. The largest absolute Gasteiger partial charge is 0.478 e. The van der Waals surface area contributed by atoms with Gasteiger partial charge in [-0.05, 0) is 41.5 Å². The van der Waals surface area contributed by atoms with Gasteiger partial charge in [0.15, 0.2) is 0 Å². The number of hydrogen-bond donors (Lipinski definition) is 2. The first kappa shape index (κ1) is 17.7. The molecule has 2 N–H and O–H groups in total. The number of aromatic carboxylic acids is 2. The molecule has 0 unspecified atom stereocenters. The minimum Gasteiger partial charge on any atom is -0.478 e. The molecule has 3 rings (SSSR count). The number of benzene rings is 3. The van der Waals surface area contributed by atoms with Crippen molar-refractivity contribution in [2.45, 2.75) is 6.92 Å². The second kappa shape index (κ2) is 7.75. The Kier molecular flexibility index (Phi) is 5.71. The highest BCUT2D eigenvalue weighted by atomic mass is 79.9. The SMILES string of the molecule is Brc1cccc2ccccc12.Cc1c(C(=O)O)cccc1C(=O)O. The summed E-state index contributed by atoms with van der Waals surface area (Å²) < 4.78 is 1.16. The van der Waals surface area contributed by atoms with E-state index in [0.29, 0.717) is 0 Å². The fourth-order valence-electron chi connectivity index (χ4n) is 2.28. The topological polar surface area (TPSA) is 74.6 Å². The Morgan fingerprint density at radius 3 is 1.83 bits per heavy atom. The highest BCUT2D eigenvalue weighted by Crippen LogP contribution is 2.22. The summed E-state index contributed by atoms with van der Waals surface area (Å²) in [5.41, 5.74) is 0.335. The quantitative estimate of drug-likeness (QED) is 0.650. The summed E-state index contributed by atoms with van der Waals surface area (Å²) in [6, 6.07) is 18.7. The van der Waals surface area contributed by atoms with Gasteiger partial charge in [0.2, 0.25) is 0 Å². The summed E-state index contributed by atoms with van der Waals surface area (Å²) in [5.74, 6) is -2.22. The van der Waals surface area contributed by atoms with Crippen LogP contribution in [-0.2, 0) is 0 Å². The number of carboxylic acid groups (broad SMARTS) is 2. The zero-order chi connectivity index (χ0) is 17.7. The molecule has 0 aromatic heterocycles. The monoisotopic (exact) mass is 386 g/mol. The van der Waals surface area contributed by atoms with E-state index in [0.717, 1.165) is 4.47 Å². The van der Waals surface area contributed by atoms with Crippen molar-refractivity contribution in [2.24, 2.45) is 0 Å². The highest BCUT2D eigenvalue weighted by molar-refractivity contribution is 9.10. The van der Waals surface area contributed by atoms with Gasteiger partial charge in [-0.1, -0.05) is 58.4 Å². The van der Waals surface area contributed by atoms with Gasteiger partial charge in [-0.3, -0.25) is 0 Å². The van der Waals surface area contributed by atoms with Gasteiger partial charge in [0.25, 0.3) is 0 Å². The predicted octanol–water partition coefficient (Wildman–Crippen LogP) is 4.99. The Labute approximate surface area is 147 Å². The van der Waals surface area contributed by atoms with Crippen LogP contribution in [0.4, 0.5) is 0 Å². The zero-order valence-corrected chi connectivity index (χ0v) is 14.4. The molecule has 0 atom stereocenters. The van der Waals surface area contributed by atoms with E-state index in [2.05, 4.69) is 46.3 Å². The van der Waals surface area contributed by atoms with Crippen LogP contribution in [0.2, 0.25) is 0 Å². The van der Waals surface area contributed by atoms with Gasteiger partial charge in [-0.15, -0.1) is 0 Å². The van der Waals surface area contributed by atoms with E-state index in [9.17, 15) is 9.59 Å². The number of halogens is 1. The van der Waals surface area contributed by atoms with E-state index < -0.39 is 11.9 Å². The lowest BCUT2D eigenvalue weighted by molar-refractivity contribution is 0.0696. The molecule has 0 spiro atoms. The summed E-state index contributed by atoms with van der Waals surface area (Å²) in [6.07, 6.45) is 0. The van der Waals surface area contributed by atoms with Crippen LogP contribution in [0.5, 0.6) is 0 Å². The molecule has 5 heteroatoms. The fourth-order valence-corrected chi connectivity index (χ4v) is 2.80. The van der Waals surface area contributed by atoms with E-state index >= 15 is 0 Å². The lowest BCUT2D eigenvalue weighted by Gasteiger charge is -2.03. The lowest BCUT2D eigenvalue weighted by atomic mass is 10.0. The first-order valence-corrected chi connectivity index (χ1v) is 7.90. The summed E-state index contributed by atoms with van der Waals surface area (Å²) in [5, 5.41) is 19.9. The van der Waals surface area contributed by atoms with E-state index in [1.165, 1.54) is 35.9 Å². The Morgan fingerprint density at radius 1 is 0.792 bits per heavy atom. The van der Waals surface area contributed by atoms with Gasteiger partial charge in [0.1, 0.15) is 0 Å². The van der Waals surface area contributed by atoms with Crippen LogP contribution < -0.4 is 0 Å². The summed E-state index contributed by atoms with van der Waals surface area (Å²) in [4.78, 5) is 21.2. The number of fused-ring (bicyclic) bond motifs is 1. The zero-order valence-electron chi connectivity index (χ0n) is 12.9. The van der Waals surface area contributed by atoms with Crippen molar-refractivity contribution in [1.29, 1.82) is 0 Å². The molecule has 24 heavy (non-hydrogen) atoms. The van der Waals surface area contributed by atoms with E-state index in [-0.39, 0.29) is 16.7 Å². The van der Waals surface area contributed by atoms with Crippen molar-refractivity contribution in [3.05, 3.63) is 81.8 Å². The number of carboxylic acids is 2. The molecule has 0 aliphatic heterocycles. The third-order valence-electron chi connectivity index (χ3n) is 3.53. The van der Waals surface area contributed by atoms with Crippen LogP contribution in [0.15, 0.2) is 65.1 Å². The third kappa shape index (κ3) is 4.00. The third-order valence-corrected chi connectivity index (χ3v) is 4.22. The van der Waals surface area contributed by atoms with E-state index in [4.69, 9.17) is 10.2 Å². The van der Waals surface area contributed by atoms with Crippen LogP contribution in [0.25, 0.3) is 10.8 Å². The van der Waals surface area contributed by atoms with Crippen molar-refractivity contribution in [1.82, 2.24) is 0 Å². The summed E-state index contributed by atoms with van der Waals surface area (Å²) >= 11 is 3.50. The van der Waals surface area contributed by atoms with Crippen molar-refractivity contribution in [3.8, 4) is 0 Å². The molecule has 0 amide bonds. The Bertz CT molecular complexity index is 865. The van der Waals surface area contributed by atoms with Crippen LogP contribution in [0.1, 0.15) is 26.3 Å². The molecule has 0 saturated carbocycles. The molecule has 0 radical (unpaired) electrons. The van der Waals surface area contributed by atoms with Gasteiger partial charge >= 0.3 is 11.9 Å². The maximum absolute atomic E-state index is 10.6. The van der Waals surface area contributed by atoms with Crippen LogP contribution in [-0.4, -0.2) is 22.2 Å². The van der Waals surface area contributed by atoms with Gasteiger partial charge in [-0.2, -0.15) is 0 Å². The van der Waals surface area contributed by atoms with Crippen molar-refractivity contribution in [3.63, 3.8) is 0 Å². The number of carbonyl (C=O) groups is 2. The average Bonchev–Trinajstić information content (AvgIpc) is 2.55. The van der Waals surface area contributed by atoms with E-state index in [1.807, 2.05) is 12.1 Å². The second-order valence-electron chi connectivity index (χ2n) is 5.05. The molecular weight excluding hydrogens is 372 g/mol. The smallest absolute Gasteiger partial charge is 0.335 e. The lowest BCUT2D eigenvalue weighted by Crippen LogP contribution is -2.06. The Hall–Kier alpha value is -2.66. The molecule has 3 aromatic carbocycles. The molecule has 4 nitrogen and oxygen atoms in total. The minimum absolute atomic E-state index is 0.0277. The molecule has 0 saturated heterocycles. The number of rotatable bonds is 2. The van der Waals surface area contributed by atoms with Crippen molar-refractivity contribution >= 4 is 38.6 Å². The van der Waals surface area contributed by atoms with Crippen LogP contribution in [0, 0.1) is 6.92 Å². The molecule has 0 fully saturated rings. The van der Waals surface area contributed by atoms with Gasteiger partial charge in [-0.25, -0.2) is 9.59 Å². The maximum atomic E-state index is 10.6. The molecule has 0 aliphatic rings. The first-order chi connectivity index (χ1) is 11.4. The molecule has 0 aliphatic carbocycles. The van der Waals surface area contributed by atoms with Crippen LogP contribution in [0.3, 0.4) is 0 Å². The van der Waals surface area contributed by atoms with Gasteiger partial charge < -0.3 is 10.2 Å². The molecule has 3 aromatic rings. The predicted molar refractivity (Wildman–Crippen MR) is 96.7 cm³/mol.